The number of carbonyl (C=O) groups is 4. The molecule has 0 aromatic heterocycles. The zero-order valence-electron chi connectivity index (χ0n) is 55.7. The van der Waals surface area contributed by atoms with Crippen molar-refractivity contribution < 1.29 is 24.4 Å². The van der Waals surface area contributed by atoms with Gasteiger partial charge in [-0.3, -0.25) is 19.2 Å². The van der Waals surface area contributed by atoms with E-state index < -0.39 is 0 Å². The Hall–Kier alpha value is -5.42. The lowest BCUT2D eigenvalue weighted by molar-refractivity contribution is -0.124. The third kappa shape index (κ3) is 25.3. The van der Waals surface area contributed by atoms with Crippen LogP contribution in [0.25, 0.3) is 0 Å². The van der Waals surface area contributed by atoms with Crippen molar-refractivity contribution in [1.82, 2.24) is 5.32 Å². The van der Waals surface area contributed by atoms with E-state index >= 15 is 0 Å². The molecule has 9 heteroatoms. The summed E-state index contributed by atoms with van der Waals surface area (Å²) in [4.78, 5) is 46.8. The molecular formula is C72H112IN3O5. The Bertz CT molecular complexity index is 2600. The average Bonchev–Trinajstić information content (AvgIpc) is 3.91. The highest BCUT2D eigenvalue weighted by Gasteiger charge is 2.35. The number of aryl methyl sites for hydroxylation is 5. The minimum absolute atomic E-state index is 0.0108. The lowest BCUT2D eigenvalue weighted by Gasteiger charge is -2.31. The van der Waals surface area contributed by atoms with Gasteiger partial charge in [-0.15, -0.1) is 23.8 Å². The molecule has 5 aliphatic rings. The number of oxime groups is 1. The Kier molecular flexibility index (Phi) is 40.7. The van der Waals surface area contributed by atoms with E-state index in [2.05, 4.69) is 61.7 Å². The van der Waals surface area contributed by atoms with E-state index in [1.54, 1.807) is 0 Å². The molecule has 0 saturated carbocycles. The number of nitrogens with zero attached hydrogens (tertiary/aromatic N) is 1. The fourth-order valence-corrected chi connectivity index (χ4v) is 9.11. The van der Waals surface area contributed by atoms with E-state index in [0.29, 0.717) is 11.6 Å². The maximum Gasteiger partial charge on any atom is 0.251 e. The zero-order chi connectivity index (χ0) is 63.7. The van der Waals surface area contributed by atoms with Gasteiger partial charge in [0.1, 0.15) is 0.594 Å². The first-order valence-corrected chi connectivity index (χ1v) is 30.7. The first-order chi connectivity index (χ1) is 39.3. The molecular weight excluding hydrogens is 1110 g/mol. The van der Waals surface area contributed by atoms with Crippen LogP contribution >= 0.6 is 23.8 Å². The molecule has 5 aromatic rings. The Morgan fingerprint density at radius 1 is 0.420 bits per heavy atom. The van der Waals surface area contributed by atoms with Crippen LogP contribution in [-0.2, 0) is 36.9 Å². The molecule has 0 fully saturated rings. The number of rotatable bonds is 0. The number of fused-ring (bicyclic) bond motifs is 5. The summed E-state index contributed by atoms with van der Waals surface area (Å²) < 4.78 is 5.72. The van der Waals surface area contributed by atoms with Crippen LogP contribution in [0.2, 0.25) is 0 Å². The number of Topliss-reactive ketones (excluding diaryl/α,β-unsaturated/α-hetero) is 2. The molecule has 0 bridgehead atoms. The summed E-state index contributed by atoms with van der Waals surface area (Å²) >= 11 is 1.40. The summed E-state index contributed by atoms with van der Waals surface area (Å²) in [6.07, 6.45) is 10.8. The van der Waals surface area contributed by atoms with Crippen LogP contribution in [0.3, 0.4) is 0 Å². The lowest BCUT2D eigenvalue weighted by atomic mass is 9.73. The van der Waals surface area contributed by atoms with Gasteiger partial charge in [0.2, 0.25) is 5.91 Å². The molecule has 0 radical (unpaired) electrons. The van der Waals surface area contributed by atoms with Gasteiger partial charge >= 0.3 is 0 Å². The number of ketones is 2. The predicted octanol–water partition coefficient (Wildman–Crippen LogP) is 20.4. The highest BCUT2D eigenvalue weighted by Crippen LogP contribution is 2.36. The van der Waals surface area contributed by atoms with Gasteiger partial charge in [-0.25, -0.2) is 0 Å². The van der Waals surface area contributed by atoms with E-state index in [1.807, 2.05) is 228 Å². The summed E-state index contributed by atoms with van der Waals surface area (Å²) in [6.45, 7) is 44.4. The fraction of sp³-hybridized carbons (Fsp3) is 0.514. The molecule has 0 unspecified atom stereocenters. The number of hydrogen-bond acceptors (Lipinski definition) is 6. The number of benzene rings is 5. The van der Waals surface area contributed by atoms with Gasteiger partial charge in [-0.05, 0) is 118 Å². The molecule has 3 N–H and O–H groups in total. The number of para-hydroxylation sites is 1. The van der Waals surface area contributed by atoms with Crippen molar-refractivity contribution in [3.8, 4) is 0 Å². The number of anilines is 1. The molecule has 2 amide bonds. The minimum atomic E-state index is -0.251. The van der Waals surface area contributed by atoms with Crippen molar-refractivity contribution in [3.05, 3.63) is 171 Å². The number of nitrogens with one attached hydrogen (secondary N) is 2. The molecule has 2 heterocycles. The predicted molar refractivity (Wildman–Crippen MR) is 362 cm³/mol. The van der Waals surface area contributed by atoms with Crippen molar-refractivity contribution in [2.45, 2.75) is 228 Å². The van der Waals surface area contributed by atoms with Crippen LogP contribution in [0.5, 0.6) is 0 Å². The van der Waals surface area contributed by atoms with Gasteiger partial charge in [0, 0.05) is 56.1 Å². The van der Waals surface area contributed by atoms with E-state index in [0.717, 1.165) is 110 Å². The Labute approximate surface area is 512 Å². The maximum atomic E-state index is 11.9. The van der Waals surface area contributed by atoms with Crippen LogP contribution in [-0.4, -0.2) is 40.4 Å². The third-order valence-electron chi connectivity index (χ3n) is 13.7. The van der Waals surface area contributed by atoms with Gasteiger partial charge in [-0.1, -0.05) is 253 Å². The molecule has 2 aliphatic heterocycles. The van der Waals surface area contributed by atoms with E-state index in [-0.39, 0.29) is 33.6 Å². The molecule has 10 rings (SSSR count). The van der Waals surface area contributed by atoms with E-state index in [1.165, 1.54) is 46.0 Å². The van der Waals surface area contributed by atoms with Crippen molar-refractivity contribution in [1.29, 1.82) is 0.594 Å². The van der Waals surface area contributed by atoms with Gasteiger partial charge in [0.25, 0.3) is 5.91 Å². The molecule has 5 aromatic carbocycles. The van der Waals surface area contributed by atoms with Crippen molar-refractivity contribution in [3.63, 3.8) is 0 Å². The summed E-state index contributed by atoms with van der Waals surface area (Å²) in [5.41, 5.74) is 11.2. The summed E-state index contributed by atoms with van der Waals surface area (Å²) in [5.74, 6) is 0.798. The normalized spacial score (nSPS) is 16.5. The Balaban J connectivity index is -0.000000896. The Morgan fingerprint density at radius 3 is 1.27 bits per heavy atom. The molecule has 81 heavy (non-hydrogen) atoms. The minimum Gasteiger partial charge on any atom is -0.411 e. The van der Waals surface area contributed by atoms with Gasteiger partial charge in [-0.2, -0.15) is 0 Å². The lowest BCUT2D eigenvalue weighted by Crippen LogP contribution is -2.42. The second-order valence-corrected chi connectivity index (χ2v) is 20.8. The standard InChI is InChI=1S/3C12H15NO.C12H14O.C10H10O.7C2H6.HI/c1-12(2)8-7-9-5-3-4-6-10(9)13-11(12)14;1-12(2)8-7-9-5-3-4-6-10(9)11(14)13-12;1-12(2)8-7-9-5-3-4-6-10(9)11(12)13-14;1-12(2)8-7-9-5-3-4-6-10(9)11(12)13;11-10-7-3-5-8-4-1-2-6-9(8)10;7*1-2;/h2*3-6H,7-8H2,1-2H3,(H,13,14);3-6,14H,7-8H2,1-2H3;3-6H,7-8H2,1-2H3;1-2,4,6H,3,5,7H2;7*1-2H3;1H/b;;13-11-;;;;;;;;;;/i/hD. The summed E-state index contributed by atoms with van der Waals surface area (Å²) in [5, 5.41) is 18.5. The first-order valence-electron chi connectivity index (χ1n) is 31.0. The highest BCUT2D eigenvalue weighted by molar-refractivity contribution is 14.0. The van der Waals surface area contributed by atoms with E-state index in [4.69, 9.17) is 5.80 Å². The van der Waals surface area contributed by atoms with Crippen molar-refractivity contribution in [2.24, 2.45) is 21.4 Å². The van der Waals surface area contributed by atoms with Gasteiger partial charge < -0.3 is 15.8 Å². The quantitative estimate of drug-likeness (QED) is 0.0809. The topological polar surface area (TPSA) is 125 Å². The third-order valence-corrected chi connectivity index (χ3v) is 13.7. The monoisotopic (exact) mass is 1230 g/mol. The smallest absolute Gasteiger partial charge is 0.251 e. The average molecular weight is 1230 g/mol. The van der Waals surface area contributed by atoms with Crippen molar-refractivity contribution in [2.75, 3.05) is 5.32 Å². The zero-order valence-corrected chi connectivity index (χ0v) is 56.9. The molecule has 0 atom stereocenters. The summed E-state index contributed by atoms with van der Waals surface area (Å²) in [7, 11) is 0. The molecule has 452 valence electrons. The highest BCUT2D eigenvalue weighted by atomic mass is 127. The first kappa shape index (κ1) is 77.6. The SMILES string of the molecule is CC.CC.CC.CC.CC.CC.CC.CC1(C)CCc2ccccc2/C1=N/O.CC1(C)CCc2ccccc2C(=O)N1.CC1(C)CCc2ccccc2C1=O.CC1(C)CCc2ccccc2NC1=O.O=C1CCCc2ccccc21.[2H]I. The number of halogens is 1. The van der Waals surface area contributed by atoms with Crippen LogP contribution in [0, 0.1) is 16.2 Å². The second kappa shape index (κ2) is 42.4. The number of carbonyl (C=O) groups excluding carboxylic acids is 4. The van der Waals surface area contributed by atoms with Crippen LogP contribution in [0.4, 0.5) is 5.69 Å². The fourth-order valence-electron chi connectivity index (χ4n) is 9.11. The Morgan fingerprint density at radius 2 is 0.778 bits per heavy atom. The summed E-state index contributed by atoms with van der Waals surface area (Å²) in [6, 6.07) is 39.9. The molecule has 8 nitrogen and oxygen atoms in total. The maximum absolute atomic E-state index is 11.9. The molecule has 0 saturated heterocycles. The van der Waals surface area contributed by atoms with Crippen LogP contribution < -0.4 is 10.6 Å². The van der Waals surface area contributed by atoms with Crippen LogP contribution in [0.1, 0.15) is 255 Å². The van der Waals surface area contributed by atoms with Gasteiger partial charge in [0.15, 0.2) is 11.6 Å². The van der Waals surface area contributed by atoms with Crippen LogP contribution in [0.15, 0.2) is 126 Å². The molecule has 3 aliphatic carbocycles. The number of amides is 2. The second-order valence-electron chi connectivity index (χ2n) is 20.8. The van der Waals surface area contributed by atoms with Gasteiger partial charge in [0.05, 0.1) is 5.71 Å². The largest absolute Gasteiger partial charge is 0.411 e. The van der Waals surface area contributed by atoms with E-state index in [9.17, 15) is 19.2 Å². The number of hydrogen-bond donors (Lipinski definition) is 3. The molecule has 0 spiro atoms. The van der Waals surface area contributed by atoms with Crippen molar-refractivity contribution >= 4 is 58.6 Å².